The van der Waals surface area contributed by atoms with Gasteiger partial charge in [-0.25, -0.2) is 8.42 Å². The molecule has 0 saturated heterocycles. The molecule has 1 heterocycles. The second kappa shape index (κ2) is 2.60. The van der Waals surface area contributed by atoms with Crippen molar-refractivity contribution in [2.45, 2.75) is 4.90 Å². The molecule has 3 nitrogen and oxygen atoms in total. The summed E-state index contributed by atoms with van der Waals surface area (Å²) >= 11 is 0. The van der Waals surface area contributed by atoms with Gasteiger partial charge >= 0.3 is 0 Å². The average molecular weight is 195 g/mol. The molecule has 1 aliphatic rings. The maximum atomic E-state index is 11.5. The average Bonchev–Trinajstić information content (AvgIpc) is 2.39. The van der Waals surface area contributed by atoms with Crippen molar-refractivity contribution in [3.8, 4) is 0 Å². The van der Waals surface area contributed by atoms with E-state index in [2.05, 4.69) is 5.32 Å². The van der Waals surface area contributed by atoms with E-state index >= 15 is 0 Å². The molecule has 13 heavy (non-hydrogen) atoms. The van der Waals surface area contributed by atoms with Gasteiger partial charge in [-0.3, -0.25) is 0 Å². The van der Waals surface area contributed by atoms with Gasteiger partial charge < -0.3 is 5.32 Å². The summed E-state index contributed by atoms with van der Waals surface area (Å²) in [6.45, 7) is 0. The van der Waals surface area contributed by atoms with E-state index in [1.807, 2.05) is 6.07 Å². The van der Waals surface area contributed by atoms with Crippen LogP contribution >= 0.6 is 0 Å². The molecule has 0 fully saturated rings. The minimum atomic E-state index is -3.19. The second-order valence-electron chi connectivity index (χ2n) is 2.82. The van der Waals surface area contributed by atoms with E-state index in [-0.39, 0.29) is 0 Å². The standard InChI is InChI=1S/C9H9NO2S/c1-10-8-6-13(11,12)9-5-3-2-4-7(8)9/h2-6,10H,1H3. The molecule has 1 aromatic carbocycles. The van der Waals surface area contributed by atoms with Crippen LogP contribution in [0.4, 0.5) is 0 Å². The third-order valence-electron chi connectivity index (χ3n) is 2.03. The topological polar surface area (TPSA) is 46.2 Å². The van der Waals surface area contributed by atoms with Crippen molar-refractivity contribution >= 4 is 15.5 Å². The Balaban J connectivity index is 2.76. The Morgan fingerprint density at radius 2 is 1.92 bits per heavy atom. The highest BCUT2D eigenvalue weighted by Gasteiger charge is 2.25. The Hall–Kier alpha value is -1.29. The Morgan fingerprint density at radius 1 is 1.23 bits per heavy atom. The summed E-state index contributed by atoms with van der Waals surface area (Å²) in [5, 5.41) is 4.12. The number of sulfone groups is 1. The molecule has 0 aliphatic carbocycles. The predicted octanol–water partition coefficient (Wildman–Crippen LogP) is 0.992. The summed E-state index contributed by atoms with van der Waals surface area (Å²) < 4.78 is 23.0. The van der Waals surface area contributed by atoms with Gasteiger partial charge in [0.05, 0.1) is 16.0 Å². The van der Waals surface area contributed by atoms with Gasteiger partial charge in [0.25, 0.3) is 0 Å². The van der Waals surface area contributed by atoms with E-state index < -0.39 is 9.84 Å². The summed E-state index contributed by atoms with van der Waals surface area (Å²) in [6, 6.07) is 6.96. The van der Waals surface area contributed by atoms with E-state index in [9.17, 15) is 8.42 Å². The molecule has 68 valence electrons. The van der Waals surface area contributed by atoms with E-state index in [4.69, 9.17) is 0 Å². The summed E-state index contributed by atoms with van der Waals surface area (Å²) in [7, 11) is -1.48. The molecule has 1 aliphatic heterocycles. The van der Waals surface area contributed by atoms with Crippen molar-refractivity contribution in [1.29, 1.82) is 0 Å². The van der Waals surface area contributed by atoms with Crippen LogP contribution in [0.5, 0.6) is 0 Å². The summed E-state index contributed by atoms with van der Waals surface area (Å²) in [4.78, 5) is 0.388. The molecule has 0 bridgehead atoms. The third kappa shape index (κ3) is 1.14. The Kier molecular flexibility index (Phi) is 1.66. The van der Waals surface area contributed by atoms with Crippen LogP contribution in [0.1, 0.15) is 5.56 Å². The van der Waals surface area contributed by atoms with Gasteiger partial charge in [-0.1, -0.05) is 18.2 Å². The van der Waals surface area contributed by atoms with Crippen molar-refractivity contribution in [2.75, 3.05) is 7.05 Å². The highest BCUT2D eigenvalue weighted by atomic mass is 32.2. The van der Waals surface area contributed by atoms with E-state index in [0.29, 0.717) is 10.6 Å². The smallest absolute Gasteiger partial charge is 0.202 e. The molecule has 0 amide bonds. The SMILES string of the molecule is CNC1=CS(=O)(=O)c2ccccc21. The number of hydrogen-bond donors (Lipinski definition) is 1. The highest BCUT2D eigenvalue weighted by molar-refractivity contribution is 7.94. The first-order valence-corrected chi connectivity index (χ1v) is 5.44. The number of benzene rings is 1. The lowest BCUT2D eigenvalue weighted by Crippen LogP contribution is -2.01. The van der Waals surface area contributed by atoms with Gasteiger partial charge in [0.15, 0.2) is 0 Å². The molecule has 2 rings (SSSR count). The maximum absolute atomic E-state index is 11.5. The Morgan fingerprint density at radius 3 is 2.62 bits per heavy atom. The minimum absolute atomic E-state index is 0.388. The van der Waals surface area contributed by atoms with Crippen LogP contribution in [-0.2, 0) is 9.84 Å². The molecule has 0 radical (unpaired) electrons. The van der Waals surface area contributed by atoms with Crippen LogP contribution in [0.2, 0.25) is 0 Å². The molecule has 0 saturated carbocycles. The van der Waals surface area contributed by atoms with Gasteiger partial charge in [0.2, 0.25) is 9.84 Å². The van der Waals surface area contributed by atoms with Crippen LogP contribution in [-0.4, -0.2) is 15.5 Å². The summed E-state index contributed by atoms with van der Waals surface area (Å²) in [6.07, 6.45) is 0. The quantitative estimate of drug-likeness (QED) is 0.727. The molecule has 1 aromatic rings. The van der Waals surface area contributed by atoms with Crippen molar-refractivity contribution in [3.05, 3.63) is 35.2 Å². The van der Waals surface area contributed by atoms with Crippen molar-refractivity contribution in [3.63, 3.8) is 0 Å². The lowest BCUT2D eigenvalue weighted by Gasteiger charge is -2.01. The fourth-order valence-electron chi connectivity index (χ4n) is 1.41. The fourth-order valence-corrected chi connectivity index (χ4v) is 2.85. The van der Waals surface area contributed by atoms with Crippen LogP contribution in [0, 0.1) is 0 Å². The van der Waals surface area contributed by atoms with E-state index in [1.54, 1.807) is 25.2 Å². The zero-order chi connectivity index (χ0) is 9.47. The van der Waals surface area contributed by atoms with Crippen molar-refractivity contribution in [1.82, 2.24) is 5.32 Å². The molecule has 1 N–H and O–H groups in total. The molecule has 4 heteroatoms. The third-order valence-corrected chi connectivity index (χ3v) is 3.54. The maximum Gasteiger partial charge on any atom is 0.202 e. The first kappa shape index (κ1) is 8.31. The first-order valence-electron chi connectivity index (χ1n) is 3.89. The molecule has 0 spiro atoms. The predicted molar refractivity (Wildman–Crippen MR) is 50.7 cm³/mol. The normalized spacial score (nSPS) is 17.8. The second-order valence-corrected chi connectivity index (χ2v) is 4.59. The lowest BCUT2D eigenvalue weighted by atomic mass is 10.2. The molecular formula is C9H9NO2S. The Bertz CT molecular complexity index is 474. The molecule has 0 unspecified atom stereocenters. The summed E-state index contributed by atoms with van der Waals surface area (Å²) in [5.41, 5.74) is 1.42. The molecule has 0 atom stereocenters. The number of nitrogens with one attached hydrogen (secondary N) is 1. The van der Waals surface area contributed by atoms with Gasteiger partial charge in [0.1, 0.15) is 0 Å². The fraction of sp³-hybridized carbons (Fsp3) is 0.111. The first-order chi connectivity index (χ1) is 6.15. The number of fused-ring (bicyclic) bond motifs is 1. The van der Waals surface area contributed by atoms with Crippen molar-refractivity contribution < 1.29 is 8.42 Å². The van der Waals surface area contributed by atoms with Gasteiger partial charge in [-0.2, -0.15) is 0 Å². The zero-order valence-electron chi connectivity index (χ0n) is 7.11. The molecule has 0 aromatic heterocycles. The van der Waals surface area contributed by atoms with Crippen LogP contribution < -0.4 is 5.32 Å². The Labute approximate surface area is 77.0 Å². The van der Waals surface area contributed by atoms with E-state index in [1.165, 1.54) is 5.41 Å². The van der Waals surface area contributed by atoms with Crippen LogP contribution in [0.25, 0.3) is 5.70 Å². The largest absolute Gasteiger partial charge is 0.387 e. The highest BCUT2D eigenvalue weighted by Crippen LogP contribution is 2.30. The lowest BCUT2D eigenvalue weighted by molar-refractivity contribution is 0.605. The number of rotatable bonds is 1. The molecular weight excluding hydrogens is 186 g/mol. The summed E-state index contributed by atoms with van der Waals surface area (Å²) in [5.74, 6) is 0. The van der Waals surface area contributed by atoms with Crippen LogP contribution in [0.3, 0.4) is 0 Å². The van der Waals surface area contributed by atoms with E-state index in [0.717, 1.165) is 5.56 Å². The van der Waals surface area contributed by atoms with Crippen LogP contribution in [0.15, 0.2) is 34.6 Å². The van der Waals surface area contributed by atoms with Gasteiger partial charge in [-0.15, -0.1) is 0 Å². The number of hydrogen-bond acceptors (Lipinski definition) is 3. The zero-order valence-corrected chi connectivity index (χ0v) is 7.93. The van der Waals surface area contributed by atoms with Gasteiger partial charge in [-0.05, 0) is 6.07 Å². The van der Waals surface area contributed by atoms with Crippen molar-refractivity contribution in [2.24, 2.45) is 0 Å². The van der Waals surface area contributed by atoms with Gasteiger partial charge in [0, 0.05) is 12.6 Å². The monoisotopic (exact) mass is 195 g/mol. The minimum Gasteiger partial charge on any atom is -0.387 e.